The van der Waals surface area contributed by atoms with E-state index in [0.29, 0.717) is 23.2 Å². The Bertz CT molecular complexity index is 648. The molecule has 112 valence electrons. The van der Waals surface area contributed by atoms with E-state index in [1.165, 1.54) is 0 Å². The molecular formula is C16H22N4O. The molecule has 0 spiro atoms. The van der Waals surface area contributed by atoms with Crippen LogP contribution in [0.1, 0.15) is 38.6 Å². The smallest absolute Gasteiger partial charge is 0.249 e. The van der Waals surface area contributed by atoms with Gasteiger partial charge in [0.15, 0.2) is 5.72 Å². The third-order valence-corrected chi connectivity index (χ3v) is 5.75. The van der Waals surface area contributed by atoms with Crippen LogP contribution in [0.15, 0.2) is 11.2 Å². The maximum atomic E-state index is 11.3. The van der Waals surface area contributed by atoms with Crippen molar-refractivity contribution in [2.75, 3.05) is 5.01 Å². The summed E-state index contributed by atoms with van der Waals surface area (Å²) < 4.78 is 0. The van der Waals surface area contributed by atoms with Gasteiger partial charge in [0.2, 0.25) is 5.95 Å². The normalized spacial score (nSPS) is 39.0. The predicted octanol–water partition coefficient (Wildman–Crippen LogP) is 2.27. The Morgan fingerprint density at radius 3 is 2.43 bits per heavy atom. The minimum Gasteiger partial charge on any atom is -0.368 e. The fourth-order valence-electron chi connectivity index (χ4n) is 4.72. The number of anilines is 1. The molecule has 1 aromatic rings. The largest absolute Gasteiger partial charge is 0.368 e. The number of aromatic nitrogens is 2. The first kappa shape index (κ1) is 13.2. The van der Waals surface area contributed by atoms with Crippen molar-refractivity contribution in [3.05, 3.63) is 17.5 Å². The first-order valence-electron chi connectivity index (χ1n) is 7.65. The molecule has 0 aromatic carbocycles. The summed E-state index contributed by atoms with van der Waals surface area (Å²) >= 11 is 0. The van der Waals surface area contributed by atoms with Crippen LogP contribution in [0.4, 0.5) is 5.95 Å². The molecule has 0 saturated heterocycles. The SMILES string of the molecule is CC1=NN(c2nc(C)cc(C)n2)C2(O)CC3C(C12)C3(C)C. The summed E-state index contributed by atoms with van der Waals surface area (Å²) in [7, 11) is 0. The van der Waals surface area contributed by atoms with Crippen LogP contribution in [0.25, 0.3) is 0 Å². The second kappa shape index (κ2) is 3.64. The van der Waals surface area contributed by atoms with Crippen molar-refractivity contribution >= 4 is 11.7 Å². The lowest BCUT2D eigenvalue weighted by atomic mass is 9.84. The molecule has 4 atom stereocenters. The van der Waals surface area contributed by atoms with E-state index in [1.807, 2.05) is 26.8 Å². The highest BCUT2D eigenvalue weighted by molar-refractivity contribution is 5.90. The lowest BCUT2D eigenvalue weighted by Crippen LogP contribution is -2.49. The zero-order valence-corrected chi connectivity index (χ0v) is 13.3. The summed E-state index contributed by atoms with van der Waals surface area (Å²) in [6.07, 6.45) is 0.756. The zero-order chi connectivity index (χ0) is 15.2. The van der Waals surface area contributed by atoms with Gasteiger partial charge >= 0.3 is 0 Å². The number of aliphatic hydroxyl groups is 1. The minimum atomic E-state index is -0.935. The molecule has 1 aliphatic heterocycles. The van der Waals surface area contributed by atoms with Crippen molar-refractivity contribution < 1.29 is 5.11 Å². The summed E-state index contributed by atoms with van der Waals surface area (Å²) in [5.41, 5.74) is 2.21. The van der Waals surface area contributed by atoms with Gasteiger partial charge < -0.3 is 5.11 Å². The molecule has 21 heavy (non-hydrogen) atoms. The fourth-order valence-corrected chi connectivity index (χ4v) is 4.72. The molecule has 1 aromatic heterocycles. The van der Waals surface area contributed by atoms with Gasteiger partial charge in [0.25, 0.3) is 0 Å². The van der Waals surface area contributed by atoms with Gasteiger partial charge in [0.1, 0.15) is 0 Å². The first-order valence-corrected chi connectivity index (χ1v) is 7.65. The Kier molecular flexibility index (Phi) is 2.28. The second-order valence-corrected chi connectivity index (χ2v) is 7.52. The number of rotatable bonds is 1. The van der Waals surface area contributed by atoms with Crippen LogP contribution >= 0.6 is 0 Å². The van der Waals surface area contributed by atoms with Gasteiger partial charge in [-0.3, -0.25) is 0 Å². The Hall–Kier alpha value is -1.49. The molecule has 2 heterocycles. The van der Waals surface area contributed by atoms with E-state index in [0.717, 1.165) is 23.5 Å². The van der Waals surface area contributed by atoms with Gasteiger partial charge in [0.05, 0.1) is 5.92 Å². The van der Waals surface area contributed by atoms with Crippen molar-refractivity contribution in [2.45, 2.75) is 46.8 Å². The van der Waals surface area contributed by atoms with E-state index in [2.05, 4.69) is 28.9 Å². The van der Waals surface area contributed by atoms with Crippen molar-refractivity contribution in [3.63, 3.8) is 0 Å². The van der Waals surface area contributed by atoms with Gasteiger partial charge in [-0.15, -0.1) is 0 Å². The average Bonchev–Trinajstić information content (AvgIpc) is 2.69. The molecule has 3 aliphatic rings. The van der Waals surface area contributed by atoms with E-state index >= 15 is 0 Å². The van der Waals surface area contributed by atoms with Crippen molar-refractivity contribution in [3.8, 4) is 0 Å². The fraction of sp³-hybridized carbons (Fsp3) is 0.688. The van der Waals surface area contributed by atoms with E-state index in [4.69, 9.17) is 0 Å². The van der Waals surface area contributed by atoms with Crippen LogP contribution in [0.3, 0.4) is 0 Å². The molecule has 4 unspecified atom stereocenters. The van der Waals surface area contributed by atoms with Gasteiger partial charge in [-0.05, 0) is 44.1 Å². The van der Waals surface area contributed by atoms with E-state index in [-0.39, 0.29) is 5.92 Å². The Morgan fingerprint density at radius 1 is 1.19 bits per heavy atom. The van der Waals surface area contributed by atoms with Crippen LogP contribution in [0, 0.1) is 37.0 Å². The number of aryl methyl sites for hydroxylation is 2. The maximum absolute atomic E-state index is 11.3. The van der Waals surface area contributed by atoms with Gasteiger partial charge in [-0.25, -0.2) is 9.97 Å². The standard InChI is InChI=1S/C16H22N4O/c1-8-6-9(2)18-14(17-8)20-16(21)7-11-13(15(11,4)5)12(16)10(3)19-20/h6,11-13,21H,7H2,1-5H3. The van der Waals surface area contributed by atoms with Gasteiger partial charge in [-0.1, -0.05) is 13.8 Å². The molecule has 1 N–H and O–H groups in total. The highest BCUT2D eigenvalue weighted by Crippen LogP contribution is 2.73. The second-order valence-electron chi connectivity index (χ2n) is 7.52. The summed E-state index contributed by atoms with van der Waals surface area (Å²) in [4.78, 5) is 8.96. The lowest BCUT2D eigenvalue weighted by molar-refractivity contribution is 0.00554. The molecule has 2 saturated carbocycles. The van der Waals surface area contributed by atoms with Gasteiger partial charge in [-0.2, -0.15) is 10.1 Å². The van der Waals surface area contributed by atoms with E-state index in [1.54, 1.807) is 5.01 Å². The van der Waals surface area contributed by atoms with Gasteiger partial charge in [0, 0.05) is 23.5 Å². The number of nitrogens with zero attached hydrogens (tertiary/aromatic N) is 4. The predicted molar refractivity (Wildman–Crippen MR) is 80.9 cm³/mol. The summed E-state index contributed by atoms with van der Waals surface area (Å²) in [6.45, 7) is 10.5. The zero-order valence-electron chi connectivity index (χ0n) is 13.3. The molecule has 0 radical (unpaired) electrons. The Labute approximate surface area is 125 Å². The summed E-state index contributed by atoms with van der Waals surface area (Å²) in [5.74, 6) is 1.74. The highest BCUT2D eigenvalue weighted by Gasteiger charge is 2.75. The van der Waals surface area contributed by atoms with Crippen molar-refractivity contribution in [1.29, 1.82) is 0 Å². The molecule has 2 aliphatic carbocycles. The monoisotopic (exact) mass is 286 g/mol. The molecule has 2 fully saturated rings. The van der Waals surface area contributed by atoms with Crippen molar-refractivity contribution in [2.24, 2.45) is 28.3 Å². The maximum Gasteiger partial charge on any atom is 0.249 e. The molecular weight excluding hydrogens is 264 g/mol. The number of hydrogen-bond donors (Lipinski definition) is 1. The molecule has 4 rings (SSSR count). The van der Waals surface area contributed by atoms with Crippen LogP contribution in [-0.2, 0) is 0 Å². The highest BCUT2D eigenvalue weighted by atomic mass is 16.3. The Morgan fingerprint density at radius 2 is 1.81 bits per heavy atom. The topological polar surface area (TPSA) is 61.6 Å². The molecule has 5 heteroatoms. The first-order chi connectivity index (χ1) is 9.75. The number of fused-ring (bicyclic) bond motifs is 3. The van der Waals surface area contributed by atoms with Crippen LogP contribution in [0.5, 0.6) is 0 Å². The quantitative estimate of drug-likeness (QED) is 0.860. The molecule has 0 bridgehead atoms. The van der Waals surface area contributed by atoms with E-state index in [9.17, 15) is 5.11 Å². The minimum absolute atomic E-state index is 0.113. The van der Waals surface area contributed by atoms with Crippen LogP contribution in [0.2, 0.25) is 0 Å². The van der Waals surface area contributed by atoms with Crippen molar-refractivity contribution in [1.82, 2.24) is 9.97 Å². The number of hydrogen-bond acceptors (Lipinski definition) is 5. The third-order valence-electron chi connectivity index (χ3n) is 5.75. The van der Waals surface area contributed by atoms with Crippen LogP contribution in [-0.4, -0.2) is 26.5 Å². The van der Waals surface area contributed by atoms with E-state index < -0.39 is 5.72 Å². The molecule has 5 nitrogen and oxygen atoms in total. The number of hydrazone groups is 1. The third kappa shape index (κ3) is 1.53. The summed E-state index contributed by atoms with van der Waals surface area (Å²) in [6, 6.07) is 1.94. The molecule has 0 amide bonds. The Balaban J connectivity index is 1.76. The lowest BCUT2D eigenvalue weighted by Gasteiger charge is -2.35. The van der Waals surface area contributed by atoms with Crippen LogP contribution < -0.4 is 5.01 Å². The summed E-state index contributed by atoms with van der Waals surface area (Å²) in [5, 5.41) is 17.6. The average molecular weight is 286 g/mol.